The summed E-state index contributed by atoms with van der Waals surface area (Å²) in [5.41, 5.74) is 7.17. The minimum absolute atomic E-state index is 0.127. The lowest BCUT2D eigenvalue weighted by Gasteiger charge is -2.20. The van der Waals surface area contributed by atoms with Crippen LogP contribution in [0, 0.1) is 6.92 Å². The second-order valence-corrected chi connectivity index (χ2v) is 10.6. The van der Waals surface area contributed by atoms with Gasteiger partial charge in [0, 0.05) is 53.8 Å². The number of aromatic nitrogens is 2. The molecule has 42 heavy (non-hydrogen) atoms. The summed E-state index contributed by atoms with van der Waals surface area (Å²) in [5, 5.41) is 16.1. The van der Waals surface area contributed by atoms with E-state index in [-0.39, 0.29) is 6.04 Å². The van der Waals surface area contributed by atoms with Gasteiger partial charge in [0.15, 0.2) is 0 Å². The topological polar surface area (TPSA) is 87.1 Å². The summed E-state index contributed by atoms with van der Waals surface area (Å²) >= 11 is 0. The van der Waals surface area contributed by atoms with Crippen LogP contribution in [0.4, 0.5) is 5.82 Å². The highest BCUT2D eigenvalue weighted by Gasteiger charge is 2.16. The molecule has 1 unspecified atom stereocenters. The number of nitrogens with zero attached hydrogens (tertiary/aromatic N) is 2. The molecule has 0 fully saturated rings. The molecular weight excluding hydrogens is 520 g/mol. The molecule has 2 aromatic heterocycles. The molecule has 0 amide bonds. The van der Waals surface area contributed by atoms with E-state index in [4.69, 9.17) is 14.9 Å². The molecule has 0 aliphatic carbocycles. The van der Waals surface area contributed by atoms with Gasteiger partial charge < -0.3 is 20.5 Å². The number of aliphatic hydroxyl groups excluding tert-OH is 1. The average molecular weight is 565 g/mol. The van der Waals surface area contributed by atoms with Crippen molar-refractivity contribution in [2.75, 3.05) is 19.5 Å². The fourth-order valence-corrected chi connectivity index (χ4v) is 4.23. The average Bonchev–Trinajstić information content (AvgIpc) is 3.03. The van der Waals surface area contributed by atoms with Crippen LogP contribution in [0.5, 0.6) is 0 Å². The second-order valence-electron chi connectivity index (χ2n) is 10.6. The molecule has 2 heterocycles. The summed E-state index contributed by atoms with van der Waals surface area (Å²) in [7, 11) is 2.96. The Hall–Kier alpha value is -4.39. The van der Waals surface area contributed by atoms with E-state index in [0.29, 0.717) is 5.54 Å². The third-order valence-corrected chi connectivity index (χ3v) is 6.59. The molecule has 0 radical (unpaired) electrons. The SMILES string of the molecule is C=O.CNC(C)(C)C.CO.Cc1cncc(-c2cnc(NC(C)c3ccccc3)c3c(-c4ccccc4)cccc23)c1. The minimum atomic E-state index is 0.127. The van der Waals surface area contributed by atoms with Crippen molar-refractivity contribution in [3.05, 3.63) is 115 Å². The summed E-state index contributed by atoms with van der Waals surface area (Å²) < 4.78 is 0. The predicted molar refractivity (Wildman–Crippen MR) is 178 cm³/mol. The molecule has 0 saturated carbocycles. The summed E-state index contributed by atoms with van der Waals surface area (Å²) in [6.07, 6.45) is 5.76. The van der Waals surface area contributed by atoms with E-state index in [1.165, 1.54) is 16.7 Å². The number of pyridine rings is 2. The molecule has 0 aliphatic rings. The molecule has 0 aliphatic heterocycles. The van der Waals surface area contributed by atoms with Gasteiger partial charge in [0.25, 0.3) is 0 Å². The van der Waals surface area contributed by atoms with Crippen molar-refractivity contribution in [2.24, 2.45) is 0 Å². The van der Waals surface area contributed by atoms with E-state index in [2.05, 4.69) is 123 Å². The number of hydrogen-bond acceptors (Lipinski definition) is 6. The number of hydrogen-bond donors (Lipinski definition) is 3. The Kier molecular flexibility index (Phi) is 13.5. The first-order chi connectivity index (χ1) is 20.3. The van der Waals surface area contributed by atoms with Crippen LogP contribution in [0.2, 0.25) is 0 Å². The lowest BCUT2D eigenvalue weighted by Crippen LogP contribution is -2.31. The van der Waals surface area contributed by atoms with Crippen LogP contribution < -0.4 is 10.6 Å². The minimum Gasteiger partial charge on any atom is -0.400 e. The Balaban J connectivity index is 0.000000543. The number of aliphatic hydroxyl groups is 1. The van der Waals surface area contributed by atoms with Crippen LogP contribution in [-0.2, 0) is 4.79 Å². The molecule has 0 spiro atoms. The fourth-order valence-electron chi connectivity index (χ4n) is 4.23. The fraction of sp³-hybridized carbons (Fsp3) is 0.250. The number of carbonyl (C=O) groups excluding carboxylic acids is 1. The number of rotatable bonds is 5. The van der Waals surface area contributed by atoms with E-state index in [0.717, 1.165) is 40.4 Å². The van der Waals surface area contributed by atoms with Crippen LogP contribution >= 0.6 is 0 Å². The molecule has 0 bridgehead atoms. The molecule has 6 heteroatoms. The Morgan fingerprint density at radius 3 is 1.95 bits per heavy atom. The van der Waals surface area contributed by atoms with Crippen molar-refractivity contribution < 1.29 is 9.90 Å². The Labute approximate surface area is 250 Å². The molecule has 1 atom stereocenters. The number of anilines is 1. The molecule has 3 N–H and O–H groups in total. The predicted octanol–water partition coefficient (Wildman–Crippen LogP) is 7.87. The maximum absolute atomic E-state index is 8.00. The maximum atomic E-state index is 8.00. The Morgan fingerprint density at radius 2 is 1.38 bits per heavy atom. The monoisotopic (exact) mass is 564 g/mol. The summed E-state index contributed by atoms with van der Waals surface area (Å²) in [6.45, 7) is 12.6. The number of aryl methyl sites for hydroxylation is 1. The van der Waals surface area contributed by atoms with Crippen molar-refractivity contribution in [1.82, 2.24) is 15.3 Å². The first-order valence-electron chi connectivity index (χ1n) is 13.9. The number of nitrogens with one attached hydrogen (secondary N) is 2. The van der Waals surface area contributed by atoms with Crippen molar-refractivity contribution in [2.45, 2.75) is 46.2 Å². The van der Waals surface area contributed by atoms with Crippen LogP contribution in [0.3, 0.4) is 0 Å². The van der Waals surface area contributed by atoms with Gasteiger partial charge in [-0.05, 0) is 75.4 Å². The zero-order valence-electron chi connectivity index (χ0n) is 25.8. The smallest absolute Gasteiger partial charge is 0.134 e. The van der Waals surface area contributed by atoms with Gasteiger partial charge in [-0.25, -0.2) is 4.98 Å². The van der Waals surface area contributed by atoms with Gasteiger partial charge in [-0.1, -0.05) is 78.9 Å². The van der Waals surface area contributed by atoms with Gasteiger partial charge in [0.1, 0.15) is 12.6 Å². The standard InChI is InChI=1S/C29H25N3.C5H13N.CH4O.CH2O/c1-20-16-24(18-30-17-20)27-19-31-29(32-21(2)22-10-5-3-6-11-22)28-25(14-9-15-26(27)28)23-12-7-4-8-13-23;1-5(2,3)6-4;2*1-2/h3-19,21H,1-2H3,(H,31,32);6H,1-4H3;2H,1H3;1H2. The van der Waals surface area contributed by atoms with Crippen LogP contribution in [0.1, 0.15) is 44.9 Å². The van der Waals surface area contributed by atoms with E-state index >= 15 is 0 Å². The normalized spacial score (nSPS) is 11.0. The molecule has 0 saturated heterocycles. The van der Waals surface area contributed by atoms with Crippen molar-refractivity contribution in [1.29, 1.82) is 0 Å². The van der Waals surface area contributed by atoms with Crippen molar-refractivity contribution in [3.8, 4) is 22.3 Å². The molecule has 220 valence electrons. The van der Waals surface area contributed by atoms with Crippen LogP contribution in [0.25, 0.3) is 33.0 Å². The number of fused-ring (bicyclic) bond motifs is 1. The first kappa shape index (κ1) is 33.8. The Bertz CT molecular complexity index is 1500. The summed E-state index contributed by atoms with van der Waals surface area (Å²) in [6, 6.07) is 29.8. The second kappa shape index (κ2) is 16.8. The van der Waals surface area contributed by atoms with Crippen molar-refractivity contribution in [3.63, 3.8) is 0 Å². The molecule has 5 rings (SSSR count). The maximum Gasteiger partial charge on any atom is 0.134 e. The third-order valence-electron chi connectivity index (χ3n) is 6.59. The highest BCUT2D eigenvalue weighted by Crippen LogP contribution is 2.39. The van der Waals surface area contributed by atoms with E-state index < -0.39 is 0 Å². The summed E-state index contributed by atoms with van der Waals surface area (Å²) in [4.78, 5) is 17.3. The van der Waals surface area contributed by atoms with Gasteiger partial charge in [-0.3, -0.25) is 4.98 Å². The highest BCUT2D eigenvalue weighted by molar-refractivity contribution is 6.09. The van der Waals surface area contributed by atoms with E-state index in [1.807, 2.05) is 44.6 Å². The molecule has 5 aromatic rings. The number of carbonyl (C=O) groups is 1. The lowest BCUT2D eigenvalue weighted by molar-refractivity contribution is -0.0980. The summed E-state index contributed by atoms with van der Waals surface area (Å²) in [5.74, 6) is 0.889. The van der Waals surface area contributed by atoms with Gasteiger partial charge in [0.2, 0.25) is 0 Å². The molecular formula is C36H44N4O2. The largest absolute Gasteiger partial charge is 0.400 e. The van der Waals surface area contributed by atoms with Crippen LogP contribution in [0.15, 0.2) is 104 Å². The van der Waals surface area contributed by atoms with E-state index in [9.17, 15) is 0 Å². The lowest BCUT2D eigenvalue weighted by atomic mass is 9.94. The Morgan fingerprint density at radius 1 is 0.786 bits per heavy atom. The van der Waals surface area contributed by atoms with Gasteiger partial charge in [0.05, 0.1) is 0 Å². The molecule has 3 aromatic carbocycles. The first-order valence-corrected chi connectivity index (χ1v) is 13.9. The van der Waals surface area contributed by atoms with Gasteiger partial charge in [-0.2, -0.15) is 0 Å². The van der Waals surface area contributed by atoms with E-state index in [1.54, 1.807) is 0 Å². The van der Waals surface area contributed by atoms with Gasteiger partial charge >= 0.3 is 0 Å². The zero-order valence-corrected chi connectivity index (χ0v) is 25.8. The third kappa shape index (κ3) is 9.33. The van der Waals surface area contributed by atoms with Gasteiger partial charge in [-0.15, -0.1) is 0 Å². The highest BCUT2D eigenvalue weighted by atomic mass is 16.2. The number of benzene rings is 3. The van der Waals surface area contributed by atoms with Crippen LogP contribution in [-0.4, -0.2) is 41.6 Å². The van der Waals surface area contributed by atoms with Crippen molar-refractivity contribution >= 4 is 23.4 Å². The molecule has 6 nitrogen and oxygen atoms in total. The quantitative estimate of drug-likeness (QED) is 0.201. The zero-order chi connectivity index (χ0) is 31.1.